The average molecular weight is 204 g/mol. The van der Waals surface area contributed by atoms with Crippen LogP contribution in [0.15, 0.2) is 23.2 Å². The van der Waals surface area contributed by atoms with E-state index in [9.17, 15) is 0 Å². The third-order valence-corrected chi connectivity index (χ3v) is 2.68. The molecule has 0 saturated carbocycles. The molecule has 1 aromatic rings. The minimum absolute atomic E-state index is 0.747. The van der Waals surface area contributed by atoms with E-state index in [1.54, 1.807) is 0 Å². The van der Waals surface area contributed by atoms with Crippen LogP contribution in [-0.4, -0.2) is 39.4 Å². The molecule has 1 aliphatic rings. The highest BCUT2D eigenvalue weighted by Crippen LogP contribution is 2.38. The van der Waals surface area contributed by atoms with Crippen molar-refractivity contribution in [3.63, 3.8) is 0 Å². The van der Waals surface area contributed by atoms with Gasteiger partial charge in [0.1, 0.15) is 5.69 Å². The Balaban J connectivity index is 2.45. The monoisotopic (exact) mass is 204 g/mol. The molecule has 3 nitrogen and oxygen atoms in total. The molecule has 15 heavy (non-hydrogen) atoms. The first-order chi connectivity index (χ1) is 7.00. The second-order valence-electron chi connectivity index (χ2n) is 4.81. The molecule has 0 fully saturated rings. The first-order valence-electron chi connectivity index (χ1n) is 5.17. The number of benzene rings is 1. The minimum Gasteiger partial charge on any atom is -0.305 e. The predicted octanol–water partition coefficient (Wildman–Crippen LogP) is 1.99. The van der Waals surface area contributed by atoms with Crippen molar-refractivity contribution in [2.75, 3.05) is 28.2 Å². The Bertz CT molecular complexity index is 405. The summed E-state index contributed by atoms with van der Waals surface area (Å²) in [6, 6.07) is 6.43. The van der Waals surface area contributed by atoms with Crippen LogP contribution in [0.4, 0.5) is 11.4 Å². The third kappa shape index (κ3) is 1.80. The van der Waals surface area contributed by atoms with Gasteiger partial charge in [-0.15, -0.1) is 0 Å². The largest absolute Gasteiger partial charge is 0.305 e. The van der Waals surface area contributed by atoms with Crippen molar-refractivity contribution in [3.8, 4) is 0 Å². The van der Waals surface area contributed by atoms with E-state index < -0.39 is 0 Å². The number of para-hydroxylation sites is 1. The molecule has 2 rings (SSSR count). The van der Waals surface area contributed by atoms with Gasteiger partial charge in [-0.2, -0.15) is 4.99 Å². The number of fused-ring (bicyclic) bond motifs is 1. The summed E-state index contributed by atoms with van der Waals surface area (Å²) in [5.74, 6) is 0. The fourth-order valence-corrected chi connectivity index (χ4v) is 1.92. The Morgan fingerprint density at radius 2 is 2.00 bits per heavy atom. The summed E-state index contributed by atoms with van der Waals surface area (Å²) in [5.41, 5.74) is 3.74. The zero-order valence-corrected chi connectivity index (χ0v) is 9.86. The molecule has 1 aromatic carbocycles. The lowest BCUT2D eigenvalue weighted by Crippen LogP contribution is -2.36. The zero-order chi connectivity index (χ0) is 11.1. The maximum atomic E-state index is 4.53. The van der Waals surface area contributed by atoms with Gasteiger partial charge in [-0.05, 0) is 19.7 Å². The number of quaternary nitrogens is 1. The standard InChI is InChI=1S/C12H18N3/c1-14(2)8-10-6-5-7-11-12(10)13-9-15(11,3)4/h5-7,9H,8H2,1-4H3/q+1. The van der Waals surface area contributed by atoms with Gasteiger partial charge in [0.05, 0.1) is 14.1 Å². The Morgan fingerprint density at radius 3 is 2.67 bits per heavy atom. The van der Waals surface area contributed by atoms with Gasteiger partial charge in [-0.1, -0.05) is 12.1 Å². The van der Waals surface area contributed by atoms with Gasteiger partial charge < -0.3 is 4.90 Å². The molecule has 0 saturated heterocycles. The average Bonchev–Trinajstić information content (AvgIpc) is 2.43. The molecule has 0 amide bonds. The first kappa shape index (κ1) is 10.3. The van der Waals surface area contributed by atoms with Crippen molar-refractivity contribution < 1.29 is 0 Å². The van der Waals surface area contributed by atoms with Crippen LogP contribution in [0.3, 0.4) is 0 Å². The smallest absolute Gasteiger partial charge is 0.195 e. The summed E-state index contributed by atoms with van der Waals surface area (Å²) < 4.78 is 0.747. The van der Waals surface area contributed by atoms with E-state index in [1.807, 2.05) is 6.34 Å². The van der Waals surface area contributed by atoms with Crippen LogP contribution in [0.1, 0.15) is 5.56 Å². The van der Waals surface area contributed by atoms with E-state index in [0.29, 0.717) is 0 Å². The molecule has 0 aliphatic carbocycles. The molecule has 0 radical (unpaired) electrons. The Labute approximate surface area is 91.2 Å². The summed E-state index contributed by atoms with van der Waals surface area (Å²) >= 11 is 0. The topological polar surface area (TPSA) is 15.6 Å². The van der Waals surface area contributed by atoms with E-state index in [-0.39, 0.29) is 0 Å². The molecule has 0 aromatic heterocycles. The lowest BCUT2D eigenvalue weighted by atomic mass is 10.1. The predicted molar refractivity (Wildman–Crippen MR) is 65.6 cm³/mol. The van der Waals surface area contributed by atoms with E-state index >= 15 is 0 Å². The molecule has 80 valence electrons. The van der Waals surface area contributed by atoms with Gasteiger partial charge in [0, 0.05) is 12.6 Å². The van der Waals surface area contributed by atoms with Crippen LogP contribution >= 0.6 is 0 Å². The maximum Gasteiger partial charge on any atom is 0.195 e. The van der Waals surface area contributed by atoms with E-state index in [4.69, 9.17) is 0 Å². The second-order valence-corrected chi connectivity index (χ2v) is 4.81. The van der Waals surface area contributed by atoms with Crippen LogP contribution in [0.25, 0.3) is 0 Å². The van der Waals surface area contributed by atoms with Crippen molar-refractivity contribution in [2.24, 2.45) is 4.99 Å². The van der Waals surface area contributed by atoms with Crippen molar-refractivity contribution in [2.45, 2.75) is 6.54 Å². The van der Waals surface area contributed by atoms with Crippen molar-refractivity contribution in [1.29, 1.82) is 0 Å². The maximum absolute atomic E-state index is 4.53. The number of rotatable bonds is 2. The van der Waals surface area contributed by atoms with Crippen molar-refractivity contribution in [3.05, 3.63) is 23.8 Å². The lowest BCUT2D eigenvalue weighted by Gasteiger charge is -2.20. The highest BCUT2D eigenvalue weighted by Gasteiger charge is 2.28. The quantitative estimate of drug-likeness (QED) is 0.673. The Morgan fingerprint density at radius 1 is 1.27 bits per heavy atom. The van der Waals surface area contributed by atoms with Gasteiger partial charge in [0.15, 0.2) is 12.0 Å². The fourth-order valence-electron chi connectivity index (χ4n) is 1.92. The Kier molecular flexibility index (Phi) is 2.37. The van der Waals surface area contributed by atoms with Gasteiger partial charge in [-0.25, -0.2) is 0 Å². The van der Waals surface area contributed by atoms with Gasteiger partial charge in [-0.3, -0.25) is 4.48 Å². The lowest BCUT2D eigenvalue weighted by molar-refractivity contribution is 0.403. The third-order valence-electron chi connectivity index (χ3n) is 2.68. The van der Waals surface area contributed by atoms with Gasteiger partial charge >= 0.3 is 0 Å². The van der Waals surface area contributed by atoms with Gasteiger partial charge in [0.2, 0.25) is 0 Å². The number of hydrogen-bond acceptors (Lipinski definition) is 2. The minimum atomic E-state index is 0.747. The molecule has 0 N–H and O–H groups in total. The van der Waals surface area contributed by atoms with Crippen LogP contribution < -0.4 is 4.48 Å². The normalized spacial score (nSPS) is 17.1. The number of hydrogen-bond donors (Lipinski definition) is 0. The zero-order valence-electron chi connectivity index (χ0n) is 9.86. The molecule has 0 bridgehead atoms. The van der Waals surface area contributed by atoms with Crippen LogP contribution in [-0.2, 0) is 6.54 Å². The number of nitrogens with zero attached hydrogens (tertiary/aromatic N) is 3. The Hall–Kier alpha value is -1.19. The highest BCUT2D eigenvalue weighted by molar-refractivity contribution is 5.89. The summed E-state index contributed by atoms with van der Waals surface area (Å²) in [7, 11) is 8.46. The van der Waals surface area contributed by atoms with E-state index in [2.05, 4.69) is 56.3 Å². The van der Waals surface area contributed by atoms with Crippen molar-refractivity contribution >= 4 is 17.7 Å². The van der Waals surface area contributed by atoms with Gasteiger partial charge in [0.25, 0.3) is 0 Å². The second kappa shape index (κ2) is 3.43. The first-order valence-corrected chi connectivity index (χ1v) is 5.17. The number of aliphatic imine (C=N–C) groups is 1. The van der Waals surface area contributed by atoms with E-state index in [0.717, 1.165) is 16.7 Å². The molecule has 1 aliphatic heterocycles. The molecule has 3 heteroatoms. The molecule has 0 spiro atoms. The molecular weight excluding hydrogens is 186 g/mol. The summed E-state index contributed by atoms with van der Waals surface area (Å²) in [6.07, 6.45) is 1.99. The molecular formula is C12H18N3+. The molecule has 0 unspecified atom stereocenters. The van der Waals surface area contributed by atoms with Crippen LogP contribution in [0.5, 0.6) is 0 Å². The highest BCUT2D eigenvalue weighted by atomic mass is 15.4. The molecule has 0 atom stereocenters. The molecule has 1 heterocycles. The van der Waals surface area contributed by atoms with Crippen molar-refractivity contribution in [1.82, 2.24) is 9.38 Å². The fraction of sp³-hybridized carbons (Fsp3) is 0.417. The SMILES string of the molecule is CN(C)Cc1cccc2c1N=C[N+]2(C)C. The summed E-state index contributed by atoms with van der Waals surface area (Å²) in [6.45, 7) is 0.945. The van der Waals surface area contributed by atoms with E-state index in [1.165, 1.54) is 11.3 Å². The van der Waals surface area contributed by atoms with Crippen LogP contribution in [0, 0.1) is 0 Å². The van der Waals surface area contributed by atoms with Crippen LogP contribution in [0.2, 0.25) is 0 Å². The summed E-state index contributed by atoms with van der Waals surface area (Å²) in [4.78, 5) is 6.70. The summed E-state index contributed by atoms with van der Waals surface area (Å²) in [5, 5.41) is 0.